The smallest absolute Gasteiger partial charge is 0.128 e. The SMILES string of the molecule is COCCC(N)c1cc(F)ccc1F. The Hall–Kier alpha value is -1.00. The van der Waals surface area contributed by atoms with Crippen LogP contribution in [-0.2, 0) is 4.74 Å². The number of methoxy groups -OCH3 is 1. The summed E-state index contributed by atoms with van der Waals surface area (Å²) in [5.41, 5.74) is 5.86. The zero-order chi connectivity index (χ0) is 10.6. The third kappa shape index (κ3) is 2.75. The minimum atomic E-state index is -0.523. The Kier molecular flexibility index (Phi) is 3.98. The van der Waals surface area contributed by atoms with E-state index in [1.165, 1.54) is 7.11 Å². The summed E-state index contributed by atoms with van der Waals surface area (Å²) in [7, 11) is 1.54. The lowest BCUT2D eigenvalue weighted by Crippen LogP contribution is -2.14. The first-order valence-electron chi connectivity index (χ1n) is 4.34. The molecule has 1 unspecified atom stereocenters. The zero-order valence-corrected chi connectivity index (χ0v) is 7.97. The van der Waals surface area contributed by atoms with E-state index < -0.39 is 17.7 Å². The first kappa shape index (κ1) is 11.1. The molecule has 1 aromatic rings. The van der Waals surface area contributed by atoms with Crippen molar-refractivity contribution in [2.75, 3.05) is 13.7 Å². The molecule has 1 aromatic carbocycles. The van der Waals surface area contributed by atoms with Crippen LogP contribution in [0.2, 0.25) is 0 Å². The van der Waals surface area contributed by atoms with Crippen molar-refractivity contribution in [1.29, 1.82) is 0 Å². The second-order valence-corrected chi connectivity index (χ2v) is 3.05. The summed E-state index contributed by atoms with van der Waals surface area (Å²) in [6, 6.07) is 2.75. The summed E-state index contributed by atoms with van der Waals surface area (Å²) in [6.07, 6.45) is 0.469. The number of nitrogens with two attached hydrogens (primary N) is 1. The molecule has 0 saturated carbocycles. The maximum absolute atomic E-state index is 13.2. The molecule has 78 valence electrons. The van der Waals surface area contributed by atoms with Gasteiger partial charge in [-0.1, -0.05) is 0 Å². The number of hydrogen-bond acceptors (Lipinski definition) is 2. The van der Waals surface area contributed by atoms with Crippen molar-refractivity contribution in [3.8, 4) is 0 Å². The minimum absolute atomic E-state index is 0.196. The number of halogens is 2. The van der Waals surface area contributed by atoms with Gasteiger partial charge in [-0.05, 0) is 24.6 Å². The fourth-order valence-electron chi connectivity index (χ4n) is 1.20. The predicted molar refractivity (Wildman–Crippen MR) is 49.8 cm³/mol. The molecule has 0 aliphatic rings. The van der Waals surface area contributed by atoms with Crippen LogP contribution >= 0.6 is 0 Å². The van der Waals surface area contributed by atoms with Gasteiger partial charge in [0.2, 0.25) is 0 Å². The Labute approximate surface area is 81.7 Å². The highest BCUT2D eigenvalue weighted by Gasteiger charge is 2.11. The molecule has 1 atom stereocenters. The van der Waals surface area contributed by atoms with E-state index in [0.717, 1.165) is 18.2 Å². The Morgan fingerprint density at radius 3 is 2.79 bits per heavy atom. The number of benzene rings is 1. The second kappa shape index (κ2) is 5.02. The van der Waals surface area contributed by atoms with Crippen molar-refractivity contribution in [3.63, 3.8) is 0 Å². The summed E-state index contributed by atoms with van der Waals surface area (Å²) in [6.45, 7) is 0.428. The van der Waals surface area contributed by atoms with Crippen molar-refractivity contribution in [1.82, 2.24) is 0 Å². The molecule has 0 aromatic heterocycles. The fraction of sp³-hybridized carbons (Fsp3) is 0.400. The maximum Gasteiger partial charge on any atom is 0.128 e. The molecule has 14 heavy (non-hydrogen) atoms. The van der Waals surface area contributed by atoms with Crippen LogP contribution in [0.25, 0.3) is 0 Å². The molecule has 0 radical (unpaired) electrons. The van der Waals surface area contributed by atoms with E-state index in [2.05, 4.69) is 0 Å². The van der Waals surface area contributed by atoms with Gasteiger partial charge >= 0.3 is 0 Å². The normalized spacial score (nSPS) is 12.9. The highest BCUT2D eigenvalue weighted by molar-refractivity contribution is 5.21. The molecular formula is C10H13F2NO. The van der Waals surface area contributed by atoms with Crippen LogP contribution in [0.4, 0.5) is 8.78 Å². The minimum Gasteiger partial charge on any atom is -0.385 e. The molecular weight excluding hydrogens is 188 g/mol. The first-order valence-corrected chi connectivity index (χ1v) is 4.34. The molecule has 0 aliphatic carbocycles. The van der Waals surface area contributed by atoms with Crippen LogP contribution in [0.3, 0.4) is 0 Å². The molecule has 1 rings (SSSR count). The molecule has 0 amide bonds. The summed E-state index contributed by atoms with van der Waals surface area (Å²) < 4.78 is 30.7. The molecule has 2 nitrogen and oxygen atoms in total. The van der Waals surface area contributed by atoms with Gasteiger partial charge in [0.25, 0.3) is 0 Å². The highest BCUT2D eigenvalue weighted by Crippen LogP contribution is 2.18. The van der Waals surface area contributed by atoms with Crippen LogP contribution in [0.5, 0.6) is 0 Å². The van der Waals surface area contributed by atoms with Crippen LogP contribution in [0.15, 0.2) is 18.2 Å². The third-order valence-electron chi connectivity index (χ3n) is 1.99. The Morgan fingerprint density at radius 1 is 1.43 bits per heavy atom. The van der Waals surface area contributed by atoms with E-state index in [1.807, 2.05) is 0 Å². The monoisotopic (exact) mass is 201 g/mol. The molecule has 0 saturated heterocycles. The van der Waals surface area contributed by atoms with Crippen molar-refractivity contribution in [2.45, 2.75) is 12.5 Å². The molecule has 0 aliphatic heterocycles. The lowest BCUT2D eigenvalue weighted by Gasteiger charge is -2.12. The standard InChI is InChI=1S/C10H13F2NO/c1-14-5-4-10(13)8-6-7(11)2-3-9(8)12/h2-3,6,10H,4-5,13H2,1H3. The molecule has 4 heteroatoms. The summed E-state index contributed by atoms with van der Waals surface area (Å²) in [4.78, 5) is 0. The van der Waals surface area contributed by atoms with E-state index in [4.69, 9.17) is 10.5 Å². The number of ether oxygens (including phenoxy) is 1. The average Bonchev–Trinajstić information content (AvgIpc) is 2.18. The van der Waals surface area contributed by atoms with Gasteiger partial charge in [-0.25, -0.2) is 8.78 Å². The van der Waals surface area contributed by atoms with Crippen LogP contribution < -0.4 is 5.73 Å². The molecule has 0 spiro atoms. The van der Waals surface area contributed by atoms with Gasteiger partial charge in [0, 0.05) is 25.3 Å². The maximum atomic E-state index is 13.2. The number of hydrogen-bond donors (Lipinski definition) is 1. The second-order valence-electron chi connectivity index (χ2n) is 3.05. The van der Waals surface area contributed by atoms with E-state index in [1.54, 1.807) is 0 Å². The van der Waals surface area contributed by atoms with E-state index >= 15 is 0 Å². The largest absolute Gasteiger partial charge is 0.385 e. The highest BCUT2D eigenvalue weighted by atomic mass is 19.1. The van der Waals surface area contributed by atoms with E-state index in [0.29, 0.717) is 13.0 Å². The van der Waals surface area contributed by atoms with Gasteiger partial charge in [-0.2, -0.15) is 0 Å². The third-order valence-corrected chi connectivity index (χ3v) is 1.99. The van der Waals surface area contributed by atoms with Crippen molar-refractivity contribution < 1.29 is 13.5 Å². The molecule has 0 heterocycles. The van der Waals surface area contributed by atoms with Crippen LogP contribution in [-0.4, -0.2) is 13.7 Å². The summed E-state index contributed by atoms with van der Waals surface area (Å²) >= 11 is 0. The molecule has 2 N–H and O–H groups in total. The van der Waals surface area contributed by atoms with Gasteiger partial charge in [-0.3, -0.25) is 0 Å². The van der Waals surface area contributed by atoms with E-state index in [-0.39, 0.29) is 5.56 Å². The van der Waals surface area contributed by atoms with Gasteiger partial charge in [0.05, 0.1) is 0 Å². The van der Waals surface area contributed by atoms with E-state index in [9.17, 15) is 8.78 Å². The van der Waals surface area contributed by atoms with Crippen LogP contribution in [0, 0.1) is 11.6 Å². The lowest BCUT2D eigenvalue weighted by molar-refractivity contribution is 0.187. The Morgan fingerprint density at radius 2 is 2.14 bits per heavy atom. The topological polar surface area (TPSA) is 35.2 Å². The van der Waals surface area contributed by atoms with Gasteiger partial charge in [-0.15, -0.1) is 0 Å². The zero-order valence-electron chi connectivity index (χ0n) is 7.97. The quantitative estimate of drug-likeness (QED) is 0.808. The fourth-order valence-corrected chi connectivity index (χ4v) is 1.20. The summed E-state index contributed by atoms with van der Waals surface area (Å²) in [5, 5.41) is 0. The van der Waals surface area contributed by atoms with Gasteiger partial charge in [0.1, 0.15) is 11.6 Å². The van der Waals surface area contributed by atoms with Gasteiger partial charge in [0.15, 0.2) is 0 Å². The van der Waals surface area contributed by atoms with Crippen molar-refractivity contribution >= 4 is 0 Å². The van der Waals surface area contributed by atoms with Crippen molar-refractivity contribution in [2.24, 2.45) is 5.73 Å². The van der Waals surface area contributed by atoms with Crippen LogP contribution in [0.1, 0.15) is 18.0 Å². The lowest BCUT2D eigenvalue weighted by atomic mass is 10.0. The molecule has 0 fully saturated rings. The first-order chi connectivity index (χ1) is 6.65. The average molecular weight is 201 g/mol. The van der Waals surface area contributed by atoms with Crippen molar-refractivity contribution in [3.05, 3.63) is 35.4 Å². The Balaban J connectivity index is 2.77. The predicted octanol–water partition coefficient (Wildman–Crippen LogP) is 2.00. The number of rotatable bonds is 4. The summed E-state index contributed by atoms with van der Waals surface area (Å²) in [5.74, 6) is -0.954. The Bertz CT molecular complexity index is 304. The molecule has 0 bridgehead atoms. The van der Waals surface area contributed by atoms with Gasteiger partial charge < -0.3 is 10.5 Å².